The van der Waals surface area contributed by atoms with Crippen molar-refractivity contribution in [3.8, 4) is 0 Å². The first-order valence-corrected chi connectivity index (χ1v) is 7.55. The summed E-state index contributed by atoms with van der Waals surface area (Å²) >= 11 is 3.36. The maximum Gasteiger partial charge on any atom is 0.124 e. The van der Waals surface area contributed by atoms with Gasteiger partial charge >= 0.3 is 0 Å². The normalized spacial score (nSPS) is 14.5. The van der Waals surface area contributed by atoms with Crippen LogP contribution in [0.15, 0.2) is 22.7 Å². The number of hydrogen-bond acceptors (Lipinski definition) is 1. The lowest BCUT2D eigenvalue weighted by Gasteiger charge is -2.22. The SMILES string of the molecule is CCCNC(CC(C)CC)c1cc(F)cc(Br)c1. The summed E-state index contributed by atoms with van der Waals surface area (Å²) in [6.07, 6.45) is 3.29. The van der Waals surface area contributed by atoms with Crippen LogP contribution in [0, 0.1) is 11.7 Å². The van der Waals surface area contributed by atoms with Gasteiger partial charge in [0.25, 0.3) is 0 Å². The summed E-state index contributed by atoms with van der Waals surface area (Å²) in [5, 5.41) is 3.52. The van der Waals surface area contributed by atoms with Gasteiger partial charge in [0.05, 0.1) is 0 Å². The van der Waals surface area contributed by atoms with Crippen molar-refractivity contribution in [3.63, 3.8) is 0 Å². The Hall–Kier alpha value is -0.410. The molecule has 0 aliphatic heterocycles. The average molecular weight is 316 g/mol. The van der Waals surface area contributed by atoms with E-state index in [1.165, 1.54) is 6.07 Å². The number of hydrogen-bond donors (Lipinski definition) is 1. The van der Waals surface area contributed by atoms with E-state index in [1.54, 1.807) is 6.07 Å². The van der Waals surface area contributed by atoms with Gasteiger partial charge in [-0.1, -0.05) is 43.1 Å². The molecule has 0 spiro atoms. The van der Waals surface area contributed by atoms with Gasteiger partial charge in [0.2, 0.25) is 0 Å². The van der Waals surface area contributed by atoms with Crippen molar-refractivity contribution in [2.45, 2.75) is 46.1 Å². The Balaban J connectivity index is 2.85. The highest BCUT2D eigenvalue weighted by Crippen LogP contribution is 2.26. The highest BCUT2D eigenvalue weighted by molar-refractivity contribution is 9.10. The molecule has 2 atom stereocenters. The Morgan fingerprint density at radius 3 is 2.56 bits per heavy atom. The quantitative estimate of drug-likeness (QED) is 0.741. The third-order valence-corrected chi connectivity index (χ3v) is 3.72. The van der Waals surface area contributed by atoms with Crippen LogP contribution in [0.2, 0.25) is 0 Å². The second-order valence-corrected chi connectivity index (χ2v) is 5.87. The summed E-state index contributed by atoms with van der Waals surface area (Å²) in [5.74, 6) is 0.466. The minimum absolute atomic E-state index is 0.174. The Labute approximate surface area is 118 Å². The molecule has 0 amide bonds. The van der Waals surface area contributed by atoms with E-state index in [0.29, 0.717) is 5.92 Å². The summed E-state index contributed by atoms with van der Waals surface area (Å²) in [6.45, 7) is 7.56. The maximum absolute atomic E-state index is 13.5. The fourth-order valence-electron chi connectivity index (χ4n) is 2.00. The topological polar surface area (TPSA) is 12.0 Å². The summed E-state index contributed by atoms with van der Waals surface area (Å²) in [7, 11) is 0. The van der Waals surface area contributed by atoms with Crippen molar-refractivity contribution in [1.29, 1.82) is 0 Å². The van der Waals surface area contributed by atoms with Gasteiger partial charge < -0.3 is 5.32 Å². The summed E-state index contributed by atoms with van der Waals surface area (Å²) in [4.78, 5) is 0. The first-order chi connectivity index (χ1) is 8.56. The minimum Gasteiger partial charge on any atom is -0.310 e. The van der Waals surface area contributed by atoms with Crippen LogP contribution in [0.25, 0.3) is 0 Å². The summed E-state index contributed by atoms with van der Waals surface area (Å²) < 4.78 is 14.3. The number of benzene rings is 1. The molecule has 0 fully saturated rings. The van der Waals surface area contributed by atoms with Crippen molar-refractivity contribution in [2.24, 2.45) is 5.92 Å². The standard InChI is InChI=1S/C15H23BrFN/c1-4-6-18-15(7-11(3)5-2)12-8-13(16)10-14(17)9-12/h8-11,15,18H,4-7H2,1-3H3. The van der Waals surface area contributed by atoms with Crippen LogP contribution in [0.5, 0.6) is 0 Å². The summed E-state index contributed by atoms with van der Waals surface area (Å²) in [6, 6.07) is 5.40. The fourth-order valence-corrected chi connectivity index (χ4v) is 2.48. The van der Waals surface area contributed by atoms with Crippen molar-refractivity contribution in [2.75, 3.05) is 6.54 Å². The Bertz CT molecular complexity index is 347. The molecule has 1 rings (SSSR count). The van der Waals surface area contributed by atoms with Crippen molar-refractivity contribution >= 4 is 15.9 Å². The fraction of sp³-hybridized carbons (Fsp3) is 0.600. The Morgan fingerprint density at radius 2 is 2.00 bits per heavy atom. The lowest BCUT2D eigenvalue weighted by molar-refractivity contribution is 0.401. The molecule has 0 aromatic heterocycles. The van der Waals surface area contributed by atoms with Gasteiger partial charge in [-0.05, 0) is 49.1 Å². The molecule has 102 valence electrons. The van der Waals surface area contributed by atoms with Gasteiger partial charge in [0, 0.05) is 10.5 Å². The van der Waals surface area contributed by atoms with E-state index >= 15 is 0 Å². The molecular formula is C15H23BrFN. The van der Waals surface area contributed by atoms with Gasteiger partial charge in [0.15, 0.2) is 0 Å². The molecule has 0 heterocycles. The van der Waals surface area contributed by atoms with Gasteiger partial charge in [-0.15, -0.1) is 0 Å². The van der Waals surface area contributed by atoms with E-state index in [0.717, 1.165) is 35.8 Å². The minimum atomic E-state index is -0.174. The molecule has 1 N–H and O–H groups in total. The number of rotatable bonds is 7. The van der Waals surface area contributed by atoms with Crippen molar-refractivity contribution < 1.29 is 4.39 Å². The van der Waals surface area contributed by atoms with Gasteiger partial charge in [-0.25, -0.2) is 4.39 Å². The molecule has 1 aromatic rings. The molecule has 0 aliphatic carbocycles. The lowest BCUT2D eigenvalue weighted by Crippen LogP contribution is -2.24. The molecule has 3 heteroatoms. The van der Waals surface area contributed by atoms with Gasteiger partial charge in [-0.3, -0.25) is 0 Å². The zero-order valence-electron chi connectivity index (χ0n) is 11.5. The van der Waals surface area contributed by atoms with Crippen molar-refractivity contribution in [1.82, 2.24) is 5.32 Å². The van der Waals surface area contributed by atoms with E-state index in [1.807, 2.05) is 6.07 Å². The smallest absolute Gasteiger partial charge is 0.124 e. The molecule has 0 saturated carbocycles. The molecule has 0 bridgehead atoms. The molecule has 18 heavy (non-hydrogen) atoms. The molecule has 0 radical (unpaired) electrons. The van der Waals surface area contributed by atoms with Crippen LogP contribution in [0.1, 0.15) is 51.6 Å². The van der Waals surface area contributed by atoms with Gasteiger partial charge in [0.1, 0.15) is 5.82 Å². The first-order valence-electron chi connectivity index (χ1n) is 6.76. The highest BCUT2D eigenvalue weighted by atomic mass is 79.9. The van der Waals surface area contributed by atoms with E-state index in [-0.39, 0.29) is 11.9 Å². The Morgan fingerprint density at radius 1 is 1.28 bits per heavy atom. The van der Waals surface area contributed by atoms with Crippen LogP contribution in [-0.4, -0.2) is 6.54 Å². The van der Waals surface area contributed by atoms with Gasteiger partial charge in [-0.2, -0.15) is 0 Å². The molecule has 0 aliphatic rings. The van der Waals surface area contributed by atoms with Crippen molar-refractivity contribution in [3.05, 3.63) is 34.1 Å². The molecule has 1 nitrogen and oxygen atoms in total. The molecule has 1 aromatic carbocycles. The molecule has 2 unspecified atom stereocenters. The second kappa shape index (κ2) is 7.90. The van der Waals surface area contributed by atoms with Crippen LogP contribution in [0.4, 0.5) is 4.39 Å². The van der Waals surface area contributed by atoms with E-state index in [4.69, 9.17) is 0 Å². The molecular weight excluding hydrogens is 293 g/mol. The first kappa shape index (κ1) is 15.6. The van der Waals surface area contributed by atoms with Crippen LogP contribution < -0.4 is 5.32 Å². The zero-order chi connectivity index (χ0) is 13.5. The number of nitrogens with one attached hydrogen (secondary N) is 1. The second-order valence-electron chi connectivity index (χ2n) is 4.96. The highest BCUT2D eigenvalue weighted by Gasteiger charge is 2.15. The van der Waals surface area contributed by atoms with Crippen LogP contribution >= 0.6 is 15.9 Å². The van der Waals surface area contributed by atoms with E-state index < -0.39 is 0 Å². The largest absolute Gasteiger partial charge is 0.310 e. The molecule has 0 saturated heterocycles. The van der Waals surface area contributed by atoms with E-state index in [9.17, 15) is 4.39 Å². The van der Waals surface area contributed by atoms with E-state index in [2.05, 4.69) is 42.0 Å². The third kappa shape index (κ3) is 5.07. The maximum atomic E-state index is 13.5. The predicted molar refractivity (Wildman–Crippen MR) is 79.2 cm³/mol. The predicted octanol–water partition coefficient (Wildman–Crippen LogP) is 5.07. The van der Waals surface area contributed by atoms with Crippen LogP contribution in [0.3, 0.4) is 0 Å². The zero-order valence-corrected chi connectivity index (χ0v) is 13.1. The van der Waals surface area contributed by atoms with Crippen LogP contribution in [-0.2, 0) is 0 Å². The Kier molecular flexibility index (Phi) is 6.87. The number of halogens is 2. The summed E-state index contributed by atoms with van der Waals surface area (Å²) in [5.41, 5.74) is 1.04. The monoisotopic (exact) mass is 315 g/mol. The lowest BCUT2D eigenvalue weighted by atomic mass is 9.94. The third-order valence-electron chi connectivity index (χ3n) is 3.26. The average Bonchev–Trinajstić information content (AvgIpc) is 2.32.